The molecular formula is C22H24. The molecular weight excluding hydrogens is 264 g/mol. The van der Waals surface area contributed by atoms with Crippen LogP contribution in [-0.4, -0.2) is 0 Å². The van der Waals surface area contributed by atoms with Gasteiger partial charge in [-0.15, -0.1) is 0 Å². The highest BCUT2D eigenvalue weighted by molar-refractivity contribution is 5.83. The molecule has 0 atom stereocenters. The summed E-state index contributed by atoms with van der Waals surface area (Å²) in [5, 5.41) is 0. The van der Waals surface area contributed by atoms with E-state index in [-0.39, 0.29) is 0 Å². The third-order valence-electron chi connectivity index (χ3n) is 3.51. The Morgan fingerprint density at radius 1 is 0.955 bits per heavy atom. The summed E-state index contributed by atoms with van der Waals surface area (Å²) in [5.74, 6) is 0. The lowest BCUT2D eigenvalue weighted by Gasteiger charge is -2.14. The third kappa shape index (κ3) is 4.20. The topological polar surface area (TPSA) is 0 Å². The van der Waals surface area contributed by atoms with Gasteiger partial charge >= 0.3 is 0 Å². The second kappa shape index (κ2) is 8.63. The second-order valence-electron chi connectivity index (χ2n) is 4.99. The Bertz CT molecular complexity index is 676. The minimum atomic E-state index is 0.924. The van der Waals surface area contributed by atoms with Crippen molar-refractivity contribution >= 4 is 11.1 Å². The van der Waals surface area contributed by atoms with Crippen LogP contribution in [0, 0.1) is 0 Å². The average Bonchev–Trinajstić information content (AvgIpc) is 2.53. The van der Waals surface area contributed by atoms with Crippen molar-refractivity contribution in [3.63, 3.8) is 0 Å². The zero-order chi connectivity index (χ0) is 16.5. The summed E-state index contributed by atoms with van der Waals surface area (Å²) in [6.45, 7) is 19.7. The van der Waals surface area contributed by atoms with E-state index in [0.29, 0.717) is 0 Å². The molecule has 22 heavy (non-hydrogen) atoms. The molecule has 112 valence electrons. The summed E-state index contributed by atoms with van der Waals surface area (Å²) in [6, 6.07) is 8.34. The molecule has 0 nitrogen and oxygen atoms in total. The van der Waals surface area contributed by atoms with E-state index in [1.807, 2.05) is 42.5 Å². The highest BCUT2D eigenvalue weighted by Gasteiger charge is 2.09. The normalized spacial score (nSPS) is 12.7. The highest BCUT2D eigenvalue weighted by Crippen LogP contribution is 2.30. The smallest absolute Gasteiger partial charge is 0.0146 e. The van der Waals surface area contributed by atoms with Crippen LogP contribution in [0.5, 0.6) is 0 Å². The number of benzene rings is 1. The zero-order valence-electron chi connectivity index (χ0n) is 13.6. The lowest BCUT2D eigenvalue weighted by atomic mass is 9.90. The SMILES string of the molecule is C=C/C=C\C(=C)/C(C=C)=C(/C)c1ccccc1/C(C)=C/C=C. The fourth-order valence-electron chi connectivity index (χ4n) is 2.36. The van der Waals surface area contributed by atoms with Crippen LogP contribution >= 0.6 is 0 Å². The molecule has 0 N–H and O–H groups in total. The van der Waals surface area contributed by atoms with Gasteiger partial charge in [0.15, 0.2) is 0 Å². The maximum Gasteiger partial charge on any atom is -0.0146 e. The van der Waals surface area contributed by atoms with Crippen molar-refractivity contribution in [2.75, 3.05) is 0 Å². The van der Waals surface area contributed by atoms with E-state index < -0.39 is 0 Å². The van der Waals surface area contributed by atoms with Gasteiger partial charge in [0.2, 0.25) is 0 Å². The Balaban J connectivity index is 3.48. The summed E-state index contributed by atoms with van der Waals surface area (Å²) < 4.78 is 0. The van der Waals surface area contributed by atoms with Crippen molar-refractivity contribution in [3.05, 3.63) is 109 Å². The van der Waals surface area contributed by atoms with Crippen LogP contribution in [0.2, 0.25) is 0 Å². The summed E-state index contributed by atoms with van der Waals surface area (Å²) in [4.78, 5) is 0. The first kappa shape index (κ1) is 17.5. The predicted octanol–water partition coefficient (Wildman–Crippen LogP) is 6.53. The Morgan fingerprint density at radius 3 is 2.14 bits per heavy atom. The lowest BCUT2D eigenvalue weighted by molar-refractivity contribution is 1.45. The lowest BCUT2D eigenvalue weighted by Crippen LogP contribution is -1.93. The fourth-order valence-corrected chi connectivity index (χ4v) is 2.36. The van der Waals surface area contributed by atoms with Crippen molar-refractivity contribution in [3.8, 4) is 0 Å². The molecule has 1 aromatic rings. The summed E-state index contributed by atoms with van der Waals surface area (Å²) in [6.07, 6.45) is 11.3. The van der Waals surface area contributed by atoms with E-state index in [2.05, 4.69) is 52.3 Å². The number of allylic oxidation sites excluding steroid dienone is 10. The van der Waals surface area contributed by atoms with Gasteiger partial charge in [0.1, 0.15) is 0 Å². The molecule has 0 heteroatoms. The molecule has 0 aliphatic rings. The van der Waals surface area contributed by atoms with Crippen molar-refractivity contribution in [2.24, 2.45) is 0 Å². The molecule has 0 unspecified atom stereocenters. The van der Waals surface area contributed by atoms with Crippen molar-refractivity contribution < 1.29 is 0 Å². The summed E-state index contributed by atoms with van der Waals surface area (Å²) >= 11 is 0. The maximum atomic E-state index is 4.13. The van der Waals surface area contributed by atoms with Gasteiger partial charge in [-0.25, -0.2) is 0 Å². The predicted molar refractivity (Wildman–Crippen MR) is 102 cm³/mol. The Kier molecular flexibility index (Phi) is 6.85. The van der Waals surface area contributed by atoms with Crippen molar-refractivity contribution in [1.82, 2.24) is 0 Å². The van der Waals surface area contributed by atoms with Gasteiger partial charge in [0.25, 0.3) is 0 Å². The molecule has 0 fully saturated rings. The number of hydrogen-bond donors (Lipinski definition) is 0. The van der Waals surface area contributed by atoms with Crippen molar-refractivity contribution in [1.29, 1.82) is 0 Å². The molecule has 0 aliphatic carbocycles. The highest BCUT2D eigenvalue weighted by atomic mass is 14.1. The second-order valence-corrected chi connectivity index (χ2v) is 4.99. The standard InChI is InChI=1S/C22H24/c1-7-10-14-18(5)20(9-3)19(6)22-16-12-11-15-21(22)17(4)13-8-2/h7-16H,1-3,5H2,4,6H3/b14-10-,17-13+,20-19-. The largest absolute Gasteiger partial charge is 0.0991 e. The molecule has 0 bridgehead atoms. The molecule has 1 aromatic carbocycles. The van der Waals surface area contributed by atoms with Gasteiger partial charge in [-0.3, -0.25) is 0 Å². The minimum absolute atomic E-state index is 0.924. The van der Waals surface area contributed by atoms with Gasteiger partial charge in [-0.2, -0.15) is 0 Å². The Morgan fingerprint density at radius 2 is 1.59 bits per heavy atom. The third-order valence-corrected chi connectivity index (χ3v) is 3.51. The summed E-state index contributed by atoms with van der Waals surface area (Å²) in [5.41, 5.74) is 6.67. The minimum Gasteiger partial charge on any atom is -0.0991 e. The van der Waals surface area contributed by atoms with Crippen molar-refractivity contribution in [2.45, 2.75) is 13.8 Å². The molecule has 0 aromatic heterocycles. The van der Waals surface area contributed by atoms with Crippen LogP contribution in [-0.2, 0) is 0 Å². The first-order valence-electron chi connectivity index (χ1n) is 7.27. The number of hydrogen-bond acceptors (Lipinski definition) is 0. The molecule has 0 saturated heterocycles. The van der Waals surface area contributed by atoms with Crippen LogP contribution < -0.4 is 0 Å². The van der Waals surface area contributed by atoms with E-state index in [4.69, 9.17) is 0 Å². The van der Waals surface area contributed by atoms with Gasteiger partial charge < -0.3 is 0 Å². The van der Waals surface area contributed by atoms with Crippen LogP contribution in [0.1, 0.15) is 25.0 Å². The maximum absolute atomic E-state index is 4.13. The quantitative estimate of drug-likeness (QED) is 0.500. The molecule has 0 aliphatic heterocycles. The van der Waals surface area contributed by atoms with Gasteiger partial charge in [0, 0.05) is 0 Å². The van der Waals surface area contributed by atoms with E-state index in [0.717, 1.165) is 16.7 Å². The number of rotatable bonds is 7. The molecule has 0 amide bonds. The Hall–Kier alpha value is -2.60. The molecule has 0 radical (unpaired) electrons. The fraction of sp³-hybridized carbons (Fsp3) is 0.0909. The van der Waals surface area contributed by atoms with E-state index in [1.165, 1.54) is 16.7 Å². The first-order chi connectivity index (χ1) is 10.6. The van der Waals surface area contributed by atoms with Crippen LogP contribution in [0.15, 0.2) is 98.2 Å². The van der Waals surface area contributed by atoms with Gasteiger partial charge in [-0.05, 0) is 47.3 Å². The average molecular weight is 288 g/mol. The van der Waals surface area contributed by atoms with E-state index >= 15 is 0 Å². The molecule has 0 spiro atoms. The van der Waals surface area contributed by atoms with Gasteiger partial charge in [-0.1, -0.05) is 87.0 Å². The molecule has 0 heterocycles. The Labute approximate surface area is 134 Å². The molecule has 0 saturated carbocycles. The first-order valence-corrected chi connectivity index (χ1v) is 7.27. The zero-order valence-corrected chi connectivity index (χ0v) is 13.6. The summed E-state index contributed by atoms with van der Waals surface area (Å²) in [7, 11) is 0. The molecule has 1 rings (SSSR count). The van der Waals surface area contributed by atoms with E-state index in [1.54, 1.807) is 6.08 Å². The monoisotopic (exact) mass is 288 g/mol. The van der Waals surface area contributed by atoms with Gasteiger partial charge in [0.05, 0.1) is 0 Å². The van der Waals surface area contributed by atoms with Crippen LogP contribution in [0.3, 0.4) is 0 Å². The van der Waals surface area contributed by atoms with E-state index in [9.17, 15) is 0 Å². The van der Waals surface area contributed by atoms with Crippen LogP contribution in [0.25, 0.3) is 11.1 Å². The van der Waals surface area contributed by atoms with Crippen LogP contribution in [0.4, 0.5) is 0 Å².